The SMILES string of the molecule is CCOC(=O)N1CCC(NC(N)=NCc2ccc(-n3ccnc3)nc2)CC1. The lowest BCUT2D eigenvalue weighted by Gasteiger charge is -2.31. The minimum Gasteiger partial charge on any atom is -0.450 e. The van der Waals surface area contributed by atoms with E-state index in [1.165, 1.54) is 0 Å². The van der Waals surface area contributed by atoms with Gasteiger partial charge < -0.3 is 20.7 Å². The molecule has 144 valence electrons. The smallest absolute Gasteiger partial charge is 0.409 e. The number of carbonyl (C=O) groups excluding carboxylic acids is 1. The number of carbonyl (C=O) groups is 1. The summed E-state index contributed by atoms with van der Waals surface area (Å²) in [4.78, 5) is 26.2. The lowest BCUT2D eigenvalue weighted by Crippen LogP contribution is -2.48. The van der Waals surface area contributed by atoms with Gasteiger partial charge in [0.25, 0.3) is 0 Å². The molecule has 1 amide bonds. The highest BCUT2D eigenvalue weighted by atomic mass is 16.6. The number of piperidine rings is 1. The third-order valence-electron chi connectivity index (χ3n) is 4.38. The Labute approximate surface area is 158 Å². The van der Waals surface area contributed by atoms with Crippen molar-refractivity contribution in [3.8, 4) is 5.82 Å². The quantitative estimate of drug-likeness (QED) is 0.605. The predicted octanol–water partition coefficient (Wildman–Crippen LogP) is 1.29. The zero-order valence-corrected chi connectivity index (χ0v) is 15.4. The van der Waals surface area contributed by atoms with Gasteiger partial charge in [0.2, 0.25) is 0 Å². The first kappa shape index (κ1) is 18.7. The van der Waals surface area contributed by atoms with Gasteiger partial charge in [-0.05, 0) is 31.4 Å². The van der Waals surface area contributed by atoms with Gasteiger partial charge in [-0.3, -0.25) is 4.57 Å². The van der Waals surface area contributed by atoms with Crippen LogP contribution in [0.5, 0.6) is 0 Å². The highest BCUT2D eigenvalue weighted by Gasteiger charge is 2.23. The molecular formula is C18H25N7O2. The van der Waals surface area contributed by atoms with Crippen LogP contribution in [0, 0.1) is 0 Å². The Hall–Kier alpha value is -3.10. The molecule has 0 radical (unpaired) electrons. The number of amides is 1. The molecule has 0 aliphatic carbocycles. The van der Waals surface area contributed by atoms with Crippen LogP contribution in [-0.2, 0) is 11.3 Å². The summed E-state index contributed by atoms with van der Waals surface area (Å²) in [6.45, 7) is 3.98. The van der Waals surface area contributed by atoms with Crippen molar-refractivity contribution in [2.45, 2.75) is 32.4 Å². The molecule has 2 aromatic rings. The number of hydrogen-bond acceptors (Lipinski definition) is 5. The van der Waals surface area contributed by atoms with Crippen LogP contribution < -0.4 is 11.1 Å². The maximum absolute atomic E-state index is 11.7. The number of rotatable bonds is 5. The molecular weight excluding hydrogens is 346 g/mol. The molecule has 3 N–H and O–H groups in total. The molecule has 3 heterocycles. The van der Waals surface area contributed by atoms with E-state index in [-0.39, 0.29) is 12.1 Å². The van der Waals surface area contributed by atoms with Crippen molar-refractivity contribution >= 4 is 12.1 Å². The first-order chi connectivity index (χ1) is 13.2. The van der Waals surface area contributed by atoms with Crippen molar-refractivity contribution in [2.24, 2.45) is 10.7 Å². The molecule has 1 aliphatic rings. The summed E-state index contributed by atoms with van der Waals surface area (Å²) in [5.41, 5.74) is 6.98. The Morgan fingerprint density at radius 3 is 2.85 bits per heavy atom. The summed E-state index contributed by atoms with van der Waals surface area (Å²) in [6.07, 6.45) is 8.42. The van der Waals surface area contributed by atoms with Crippen LogP contribution in [0.2, 0.25) is 0 Å². The standard InChI is InChI=1S/C18H25N7O2/c1-2-27-18(26)24-8-5-15(6-9-24)23-17(19)22-12-14-3-4-16(21-11-14)25-10-7-20-13-25/h3-4,7,10-11,13,15H,2,5-6,8-9,12H2,1H3,(H3,19,22,23). The maximum atomic E-state index is 11.7. The number of aliphatic imine (C=N–C) groups is 1. The molecule has 0 atom stereocenters. The van der Waals surface area contributed by atoms with Crippen molar-refractivity contribution in [1.29, 1.82) is 0 Å². The lowest BCUT2D eigenvalue weighted by atomic mass is 10.1. The minimum absolute atomic E-state index is 0.209. The number of aromatic nitrogens is 3. The summed E-state index contributed by atoms with van der Waals surface area (Å²) >= 11 is 0. The van der Waals surface area contributed by atoms with Crippen LogP contribution in [-0.4, -0.2) is 57.2 Å². The van der Waals surface area contributed by atoms with E-state index < -0.39 is 0 Å². The summed E-state index contributed by atoms with van der Waals surface area (Å²) in [5.74, 6) is 1.21. The van der Waals surface area contributed by atoms with E-state index in [9.17, 15) is 4.79 Å². The number of ether oxygens (including phenoxy) is 1. The number of imidazole rings is 1. The first-order valence-corrected chi connectivity index (χ1v) is 9.07. The second-order valence-corrected chi connectivity index (χ2v) is 6.30. The van der Waals surface area contributed by atoms with E-state index in [2.05, 4.69) is 20.3 Å². The second-order valence-electron chi connectivity index (χ2n) is 6.30. The maximum Gasteiger partial charge on any atom is 0.409 e. The minimum atomic E-state index is -0.246. The Morgan fingerprint density at radius 2 is 2.22 bits per heavy atom. The van der Waals surface area contributed by atoms with Gasteiger partial charge in [0.05, 0.1) is 13.2 Å². The number of hydrogen-bond donors (Lipinski definition) is 2. The third kappa shape index (κ3) is 5.19. The van der Waals surface area contributed by atoms with Gasteiger partial charge in [-0.15, -0.1) is 0 Å². The van der Waals surface area contributed by atoms with Crippen molar-refractivity contribution < 1.29 is 9.53 Å². The largest absolute Gasteiger partial charge is 0.450 e. The Morgan fingerprint density at radius 1 is 1.41 bits per heavy atom. The number of nitrogens with one attached hydrogen (secondary N) is 1. The average Bonchev–Trinajstić information content (AvgIpc) is 3.22. The van der Waals surface area contributed by atoms with Gasteiger partial charge >= 0.3 is 6.09 Å². The molecule has 0 bridgehead atoms. The summed E-state index contributed by atoms with van der Waals surface area (Å²) in [6, 6.07) is 4.10. The van der Waals surface area contributed by atoms with E-state index in [1.807, 2.05) is 29.8 Å². The van der Waals surface area contributed by atoms with Crippen molar-refractivity contribution in [2.75, 3.05) is 19.7 Å². The summed E-state index contributed by atoms with van der Waals surface area (Å²) in [7, 11) is 0. The van der Waals surface area contributed by atoms with E-state index in [4.69, 9.17) is 10.5 Å². The Bertz CT molecular complexity index is 751. The fraction of sp³-hybridized carbons (Fsp3) is 0.444. The van der Waals surface area contributed by atoms with Crippen molar-refractivity contribution in [1.82, 2.24) is 24.8 Å². The number of nitrogens with two attached hydrogens (primary N) is 1. The van der Waals surface area contributed by atoms with Crippen molar-refractivity contribution in [3.05, 3.63) is 42.6 Å². The van der Waals surface area contributed by atoms with Crippen LogP contribution in [0.4, 0.5) is 4.79 Å². The molecule has 1 aliphatic heterocycles. The van der Waals surface area contributed by atoms with Crippen LogP contribution in [0.1, 0.15) is 25.3 Å². The van der Waals surface area contributed by atoms with Gasteiger partial charge in [0, 0.05) is 37.7 Å². The zero-order valence-electron chi connectivity index (χ0n) is 15.4. The summed E-state index contributed by atoms with van der Waals surface area (Å²) in [5, 5.41) is 3.23. The fourth-order valence-corrected chi connectivity index (χ4v) is 2.91. The molecule has 0 saturated carbocycles. The van der Waals surface area contributed by atoms with Crippen LogP contribution in [0.3, 0.4) is 0 Å². The van der Waals surface area contributed by atoms with Gasteiger partial charge in [-0.1, -0.05) is 6.07 Å². The van der Waals surface area contributed by atoms with Crippen molar-refractivity contribution in [3.63, 3.8) is 0 Å². The fourth-order valence-electron chi connectivity index (χ4n) is 2.91. The molecule has 2 aromatic heterocycles. The molecule has 1 saturated heterocycles. The highest BCUT2D eigenvalue weighted by molar-refractivity contribution is 5.78. The monoisotopic (exact) mass is 371 g/mol. The predicted molar refractivity (Wildman–Crippen MR) is 101 cm³/mol. The van der Waals surface area contributed by atoms with Gasteiger partial charge in [0.15, 0.2) is 5.96 Å². The Kier molecular flexibility index (Phi) is 6.24. The van der Waals surface area contributed by atoms with Gasteiger partial charge in [-0.2, -0.15) is 0 Å². The third-order valence-corrected chi connectivity index (χ3v) is 4.38. The van der Waals surface area contributed by atoms with Gasteiger partial charge in [0.1, 0.15) is 12.1 Å². The number of pyridine rings is 1. The van der Waals surface area contributed by atoms with Crippen LogP contribution in [0.15, 0.2) is 42.0 Å². The molecule has 0 aromatic carbocycles. The zero-order chi connectivity index (χ0) is 19.1. The summed E-state index contributed by atoms with van der Waals surface area (Å²) < 4.78 is 6.86. The number of nitrogens with zero attached hydrogens (tertiary/aromatic N) is 5. The second kappa shape index (κ2) is 9.02. The topological polar surface area (TPSA) is 111 Å². The molecule has 27 heavy (non-hydrogen) atoms. The molecule has 9 heteroatoms. The average molecular weight is 371 g/mol. The molecule has 1 fully saturated rings. The van der Waals surface area contributed by atoms with Crippen LogP contribution >= 0.6 is 0 Å². The normalized spacial score (nSPS) is 15.6. The number of likely N-dealkylation sites (tertiary alicyclic amines) is 1. The van der Waals surface area contributed by atoms with Gasteiger partial charge in [-0.25, -0.2) is 19.8 Å². The lowest BCUT2D eigenvalue weighted by molar-refractivity contribution is 0.0963. The number of guanidine groups is 1. The van der Waals surface area contributed by atoms with E-state index in [0.717, 1.165) is 24.2 Å². The van der Waals surface area contributed by atoms with E-state index >= 15 is 0 Å². The molecule has 0 unspecified atom stereocenters. The van der Waals surface area contributed by atoms with Crippen LogP contribution in [0.25, 0.3) is 5.82 Å². The molecule has 0 spiro atoms. The highest BCUT2D eigenvalue weighted by Crippen LogP contribution is 2.11. The van der Waals surface area contributed by atoms with E-state index in [0.29, 0.717) is 32.2 Å². The van der Waals surface area contributed by atoms with E-state index in [1.54, 1.807) is 23.6 Å². The molecule has 9 nitrogen and oxygen atoms in total. The Balaban J connectivity index is 1.45. The first-order valence-electron chi connectivity index (χ1n) is 9.07. The molecule has 3 rings (SSSR count).